The van der Waals surface area contributed by atoms with Gasteiger partial charge in [-0.3, -0.25) is 4.79 Å². The Hall–Kier alpha value is -1.58. The third-order valence-corrected chi connectivity index (χ3v) is 6.42. The molecule has 0 unspecified atom stereocenters. The van der Waals surface area contributed by atoms with Crippen LogP contribution in [-0.2, 0) is 19.4 Å². The van der Waals surface area contributed by atoms with Crippen LogP contribution in [0.5, 0.6) is 0 Å². The number of nitrogens with zero attached hydrogens (tertiary/aromatic N) is 1. The number of carbonyl (C=O) groups excluding carboxylic acids is 1. The molecular weight excluding hydrogens is 326 g/mol. The fourth-order valence-electron chi connectivity index (χ4n) is 2.81. The van der Waals surface area contributed by atoms with Crippen molar-refractivity contribution in [3.63, 3.8) is 0 Å². The minimum Gasteiger partial charge on any atom is -0.465 e. The normalized spacial score (nSPS) is 27.0. The maximum Gasteiger partial charge on any atom is 0.328 e. The molecule has 22 heavy (non-hydrogen) atoms. The summed E-state index contributed by atoms with van der Waals surface area (Å²) in [6.45, 7) is 3.21. The van der Waals surface area contributed by atoms with Crippen molar-refractivity contribution in [1.29, 1.82) is 5.26 Å². The minimum atomic E-state index is -3.57. The van der Waals surface area contributed by atoms with E-state index in [9.17, 15) is 18.5 Å². The van der Waals surface area contributed by atoms with E-state index in [4.69, 9.17) is 16.3 Å². The second kappa shape index (κ2) is 5.90. The molecule has 0 aliphatic heterocycles. The quantitative estimate of drug-likeness (QED) is 0.767. The Balaban J connectivity index is 2.52. The van der Waals surface area contributed by atoms with E-state index in [0.717, 1.165) is 0 Å². The molecule has 1 saturated carbocycles. The molecule has 2 rings (SSSR count). The first-order chi connectivity index (χ1) is 10.3. The number of rotatable bonds is 5. The predicted molar refractivity (Wildman–Crippen MR) is 82.1 cm³/mol. The summed E-state index contributed by atoms with van der Waals surface area (Å²) in [5.41, 5.74) is -1.07. The van der Waals surface area contributed by atoms with Crippen molar-refractivity contribution in [1.82, 2.24) is 0 Å². The summed E-state index contributed by atoms with van der Waals surface area (Å²) in [6, 6.07) is 8.41. The first kappa shape index (κ1) is 16.8. The van der Waals surface area contributed by atoms with E-state index < -0.39 is 32.4 Å². The molecule has 0 radical (unpaired) electrons. The van der Waals surface area contributed by atoms with Gasteiger partial charge >= 0.3 is 5.97 Å². The molecule has 0 amide bonds. The molecule has 1 aromatic rings. The van der Waals surface area contributed by atoms with E-state index in [0.29, 0.717) is 10.6 Å². The fourth-order valence-corrected chi connectivity index (χ4v) is 4.86. The molecule has 0 spiro atoms. The maximum absolute atomic E-state index is 12.3. The minimum absolute atomic E-state index is 0.0918. The largest absolute Gasteiger partial charge is 0.465 e. The summed E-state index contributed by atoms with van der Waals surface area (Å²) < 4.78 is 29.6. The highest BCUT2D eigenvalue weighted by Gasteiger charge is 2.77. The van der Waals surface area contributed by atoms with Gasteiger partial charge in [0.25, 0.3) is 0 Å². The van der Waals surface area contributed by atoms with E-state index in [1.807, 2.05) is 6.07 Å². The first-order valence-corrected chi connectivity index (χ1v) is 9.00. The molecule has 3 atom stereocenters. The van der Waals surface area contributed by atoms with Crippen molar-refractivity contribution in [3.8, 4) is 6.07 Å². The van der Waals surface area contributed by atoms with E-state index in [1.165, 1.54) is 6.92 Å². The van der Waals surface area contributed by atoms with E-state index in [1.54, 1.807) is 31.2 Å². The number of hydrogen-bond acceptors (Lipinski definition) is 5. The summed E-state index contributed by atoms with van der Waals surface area (Å²) in [7, 11) is -3.57. The van der Waals surface area contributed by atoms with Crippen molar-refractivity contribution < 1.29 is 17.9 Å². The second-order valence-electron chi connectivity index (χ2n) is 5.10. The van der Waals surface area contributed by atoms with Gasteiger partial charge in [0, 0.05) is 16.7 Å². The first-order valence-electron chi connectivity index (χ1n) is 6.90. The molecule has 1 aliphatic carbocycles. The molecule has 0 bridgehead atoms. The number of sulfone groups is 1. The van der Waals surface area contributed by atoms with Gasteiger partial charge in [-0.15, -0.1) is 0 Å². The van der Waals surface area contributed by atoms with Crippen molar-refractivity contribution in [2.75, 3.05) is 12.4 Å². The summed E-state index contributed by atoms with van der Waals surface area (Å²) >= 11 is 5.83. The smallest absolute Gasteiger partial charge is 0.328 e. The van der Waals surface area contributed by atoms with E-state index in [2.05, 4.69) is 0 Å². The summed E-state index contributed by atoms with van der Waals surface area (Å²) in [6.07, 6.45) is 0. The van der Waals surface area contributed by atoms with Gasteiger partial charge in [-0.25, -0.2) is 8.42 Å². The maximum atomic E-state index is 12.3. The molecule has 1 fully saturated rings. The zero-order chi connectivity index (χ0) is 16.5. The van der Waals surface area contributed by atoms with Crippen LogP contribution in [0.25, 0.3) is 0 Å². The Morgan fingerprint density at radius 1 is 1.36 bits per heavy atom. The number of benzene rings is 1. The van der Waals surface area contributed by atoms with Gasteiger partial charge in [0.05, 0.1) is 12.7 Å². The molecule has 1 aliphatic rings. The lowest BCUT2D eigenvalue weighted by Gasteiger charge is -2.08. The number of esters is 1. The number of hydrogen-bond donors (Lipinski definition) is 0. The topological polar surface area (TPSA) is 84.2 Å². The predicted octanol–water partition coefficient (Wildman–Crippen LogP) is 2.31. The zero-order valence-corrected chi connectivity index (χ0v) is 13.8. The molecular formula is C15H16ClNO4S. The average molecular weight is 342 g/mol. The summed E-state index contributed by atoms with van der Waals surface area (Å²) in [4.78, 5) is 12.2. The fraction of sp³-hybridized carbons (Fsp3) is 0.467. The van der Waals surface area contributed by atoms with Gasteiger partial charge in [0.2, 0.25) is 0 Å². The lowest BCUT2D eigenvalue weighted by molar-refractivity contribution is -0.147. The van der Waals surface area contributed by atoms with Crippen LogP contribution < -0.4 is 0 Å². The molecule has 7 heteroatoms. The highest BCUT2D eigenvalue weighted by Crippen LogP contribution is 2.63. The lowest BCUT2D eigenvalue weighted by atomic mass is 10.0. The van der Waals surface area contributed by atoms with Gasteiger partial charge < -0.3 is 4.74 Å². The van der Waals surface area contributed by atoms with Crippen LogP contribution in [0.4, 0.5) is 0 Å². The Kier molecular flexibility index (Phi) is 4.50. The Morgan fingerprint density at radius 2 is 1.95 bits per heavy atom. The van der Waals surface area contributed by atoms with Gasteiger partial charge in [0.1, 0.15) is 5.25 Å². The highest BCUT2D eigenvalue weighted by atomic mass is 35.5. The van der Waals surface area contributed by atoms with Crippen LogP contribution in [0, 0.1) is 16.7 Å². The van der Waals surface area contributed by atoms with Crippen molar-refractivity contribution in [2.24, 2.45) is 5.41 Å². The third-order valence-electron chi connectivity index (χ3n) is 3.95. The number of carbonyl (C=O) groups is 1. The lowest BCUT2D eigenvalue weighted by Crippen LogP contribution is -2.26. The van der Waals surface area contributed by atoms with E-state index >= 15 is 0 Å². The van der Waals surface area contributed by atoms with E-state index in [-0.39, 0.29) is 12.4 Å². The Labute approximate surface area is 134 Å². The summed E-state index contributed by atoms with van der Waals surface area (Å²) in [5, 5.41) is 8.95. The zero-order valence-electron chi connectivity index (χ0n) is 12.2. The van der Waals surface area contributed by atoms with Crippen molar-refractivity contribution in [3.05, 3.63) is 34.9 Å². The SMILES string of the molecule is CCOC(=O)[C@]1(C#N)[C@H](c2ccc(Cl)cc2)[C@@H]1S(=O)(=O)CC. The van der Waals surface area contributed by atoms with Crippen molar-refractivity contribution >= 4 is 27.4 Å². The molecule has 5 nitrogen and oxygen atoms in total. The van der Waals surface area contributed by atoms with Gasteiger partial charge in [0.15, 0.2) is 15.3 Å². The third kappa shape index (κ3) is 2.49. The molecule has 0 saturated heterocycles. The number of halogens is 1. The van der Waals surface area contributed by atoms with Crippen LogP contribution in [0.3, 0.4) is 0 Å². The van der Waals surface area contributed by atoms with Crippen LogP contribution in [0.2, 0.25) is 5.02 Å². The second-order valence-corrected chi connectivity index (χ2v) is 7.95. The monoisotopic (exact) mass is 341 g/mol. The van der Waals surface area contributed by atoms with Crippen LogP contribution in [0.15, 0.2) is 24.3 Å². The number of nitriles is 1. The van der Waals surface area contributed by atoms with Crippen LogP contribution >= 0.6 is 11.6 Å². The Morgan fingerprint density at radius 3 is 2.41 bits per heavy atom. The molecule has 0 N–H and O–H groups in total. The summed E-state index contributed by atoms with van der Waals surface area (Å²) in [5.74, 6) is -1.64. The van der Waals surface area contributed by atoms with Crippen LogP contribution in [0.1, 0.15) is 25.3 Å². The molecule has 118 valence electrons. The average Bonchev–Trinajstić information content (AvgIpc) is 3.20. The van der Waals surface area contributed by atoms with Gasteiger partial charge in [-0.2, -0.15) is 5.26 Å². The number of ether oxygens (including phenoxy) is 1. The van der Waals surface area contributed by atoms with Crippen LogP contribution in [-0.4, -0.2) is 32.0 Å². The Bertz CT molecular complexity index is 723. The van der Waals surface area contributed by atoms with Gasteiger partial charge in [-0.05, 0) is 24.6 Å². The standard InChI is InChI=1S/C15H16ClNO4S/c1-3-21-14(18)15(9-17)12(13(15)22(19,20)4-2)10-5-7-11(16)8-6-10/h5-8,12-13H,3-4H2,1-2H3/t12-,13+,15-/m1/s1. The highest BCUT2D eigenvalue weighted by molar-refractivity contribution is 7.92. The van der Waals surface area contributed by atoms with Crippen molar-refractivity contribution in [2.45, 2.75) is 25.0 Å². The molecule has 0 aromatic heterocycles. The van der Waals surface area contributed by atoms with Gasteiger partial charge in [-0.1, -0.05) is 30.7 Å². The molecule has 0 heterocycles. The molecule has 1 aromatic carbocycles.